The second kappa shape index (κ2) is 8.27. The van der Waals surface area contributed by atoms with Crippen molar-refractivity contribution in [1.29, 1.82) is 0 Å². The fourth-order valence-electron chi connectivity index (χ4n) is 2.62. The highest BCUT2D eigenvalue weighted by atomic mass is 16.5. The number of nitrogens with zero attached hydrogens (tertiary/aromatic N) is 3. The molecule has 0 unspecified atom stereocenters. The molecule has 7 heteroatoms. The number of likely N-dealkylation sites (N-methyl/N-ethyl adjacent to an activating group) is 1. The number of aromatic nitrogens is 3. The van der Waals surface area contributed by atoms with Gasteiger partial charge < -0.3 is 10.1 Å². The lowest BCUT2D eigenvalue weighted by Crippen LogP contribution is -2.33. The topological polar surface area (TPSA) is 86.1 Å². The number of amides is 1. The summed E-state index contributed by atoms with van der Waals surface area (Å²) >= 11 is 0. The van der Waals surface area contributed by atoms with Gasteiger partial charge in [0.05, 0.1) is 6.54 Å². The van der Waals surface area contributed by atoms with Crippen molar-refractivity contribution in [3.05, 3.63) is 72.2 Å². The van der Waals surface area contributed by atoms with Crippen molar-refractivity contribution >= 4 is 11.9 Å². The number of esters is 1. The molecule has 0 saturated heterocycles. The van der Waals surface area contributed by atoms with Gasteiger partial charge in [-0.3, -0.25) is 14.5 Å². The first kappa shape index (κ1) is 18.3. The van der Waals surface area contributed by atoms with Crippen LogP contribution >= 0.6 is 0 Å². The Morgan fingerprint density at radius 2 is 1.96 bits per heavy atom. The molecule has 7 nitrogen and oxygen atoms in total. The van der Waals surface area contributed by atoms with Crippen LogP contribution in [0.3, 0.4) is 0 Å². The van der Waals surface area contributed by atoms with E-state index in [0.717, 1.165) is 5.56 Å². The Balaban J connectivity index is 1.93. The largest absolute Gasteiger partial charge is 0.449 e. The van der Waals surface area contributed by atoms with E-state index in [2.05, 4.69) is 15.4 Å². The van der Waals surface area contributed by atoms with E-state index >= 15 is 0 Å². The van der Waals surface area contributed by atoms with Gasteiger partial charge in [-0.25, -0.2) is 4.79 Å². The number of hydrogen-bond acceptors (Lipinski definition) is 5. The highest BCUT2D eigenvalue weighted by Crippen LogP contribution is 2.23. The second-order valence-corrected chi connectivity index (χ2v) is 5.98. The van der Waals surface area contributed by atoms with Gasteiger partial charge in [-0.2, -0.15) is 5.10 Å². The van der Waals surface area contributed by atoms with Gasteiger partial charge in [-0.05, 0) is 24.6 Å². The van der Waals surface area contributed by atoms with E-state index in [0.29, 0.717) is 17.8 Å². The van der Waals surface area contributed by atoms with E-state index in [1.165, 1.54) is 14.0 Å². The van der Waals surface area contributed by atoms with Crippen LogP contribution in [0.15, 0.2) is 61.1 Å². The molecule has 2 aromatic heterocycles. The zero-order valence-electron chi connectivity index (χ0n) is 15.1. The fourth-order valence-corrected chi connectivity index (χ4v) is 2.62. The maximum Gasteiger partial charge on any atom is 0.342 e. The predicted molar refractivity (Wildman–Crippen MR) is 99.9 cm³/mol. The first-order valence-corrected chi connectivity index (χ1v) is 8.53. The Morgan fingerprint density at radius 3 is 2.63 bits per heavy atom. The van der Waals surface area contributed by atoms with Crippen LogP contribution in [-0.2, 0) is 16.1 Å². The first-order chi connectivity index (χ1) is 13.1. The van der Waals surface area contributed by atoms with Gasteiger partial charge in [0.15, 0.2) is 6.10 Å². The molecule has 3 aromatic rings. The van der Waals surface area contributed by atoms with Crippen LogP contribution < -0.4 is 5.32 Å². The van der Waals surface area contributed by atoms with Crippen LogP contribution in [-0.4, -0.2) is 39.8 Å². The predicted octanol–water partition coefficient (Wildman–Crippen LogP) is 2.28. The Hall–Kier alpha value is -3.48. The quantitative estimate of drug-likeness (QED) is 0.678. The van der Waals surface area contributed by atoms with Crippen molar-refractivity contribution < 1.29 is 14.3 Å². The highest BCUT2D eigenvalue weighted by molar-refractivity contribution is 5.97. The third-order valence-corrected chi connectivity index (χ3v) is 4.00. The number of rotatable bonds is 6. The summed E-state index contributed by atoms with van der Waals surface area (Å²) in [6, 6.07) is 13.4. The zero-order chi connectivity index (χ0) is 19.2. The Bertz CT molecular complexity index is 923. The normalized spacial score (nSPS) is 11.6. The molecular formula is C20H20N4O3. The van der Waals surface area contributed by atoms with Crippen molar-refractivity contribution in [3.8, 4) is 11.3 Å². The molecule has 0 aliphatic rings. The molecule has 0 aliphatic carbocycles. The van der Waals surface area contributed by atoms with Gasteiger partial charge >= 0.3 is 5.97 Å². The number of hydrogen-bond donors (Lipinski definition) is 1. The number of carbonyl (C=O) groups is 2. The lowest BCUT2D eigenvalue weighted by molar-refractivity contribution is -0.128. The van der Waals surface area contributed by atoms with Gasteiger partial charge in [0, 0.05) is 31.2 Å². The first-order valence-electron chi connectivity index (χ1n) is 8.53. The minimum Gasteiger partial charge on any atom is -0.449 e. The Labute approximate surface area is 157 Å². The lowest BCUT2D eigenvalue weighted by Gasteiger charge is -2.11. The van der Waals surface area contributed by atoms with Gasteiger partial charge in [0.25, 0.3) is 5.91 Å². The number of ether oxygens (including phenoxy) is 1. The monoisotopic (exact) mass is 364 g/mol. The Morgan fingerprint density at radius 1 is 1.19 bits per heavy atom. The molecule has 138 valence electrons. The summed E-state index contributed by atoms with van der Waals surface area (Å²) in [6.45, 7) is 2.03. The highest BCUT2D eigenvalue weighted by Gasteiger charge is 2.23. The summed E-state index contributed by atoms with van der Waals surface area (Å²) in [5.74, 6) is -0.979. The standard InChI is InChI=1S/C20H20N4O3/c1-14(19(25)21-2)27-20(26)17-13-24(12-15-7-4-3-5-8-15)23-18(17)16-9-6-10-22-11-16/h3-11,13-14H,12H2,1-2H3,(H,21,25)/t14-/m0/s1. The van der Waals surface area contributed by atoms with E-state index in [9.17, 15) is 9.59 Å². The van der Waals surface area contributed by atoms with Crippen LogP contribution in [0.25, 0.3) is 11.3 Å². The van der Waals surface area contributed by atoms with Gasteiger partial charge in [-0.1, -0.05) is 30.3 Å². The molecule has 2 heterocycles. The van der Waals surface area contributed by atoms with Crippen LogP contribution in [0.4, 0.5) is 0 Å². The van der Waals surface area contributed by atoms with E-state index in [1.54, 1.807) is 29.3 Å². The summed E-state index contributed by atoms with van der Waals surface area (Å²) < 4.78 is 6.97. The second-order valence-electron chi connectivity index (χ2n) is 5.98. The van der Waals surface area contributed by atoms with E-state index < -0.39 is 12.1 Å². The summed E-state index contributed by atoms with van der Waals surface area (Å²) in [6.07, 6.45) is 4.01. The maximum absolute atomic E-state index is 12.7. The van der Waals surface area contributed by atoms with Crippen LogP contribution in [0, 0.1) is 0 Å². The van der Waals surface area contributed by atoms with E-state index in [-0.39, 0.29) is 11.5 Å². The average Bonchev–Trinajstić information content (AvgIpc) is 3.12. The maximum atomic E-state index is 12.7. The smallest absolute Gasteiger partial charge is 0.342 e. The van der Waals surface area contributed by atoms with Crippen molar-refractivity contribution in [2.45, 2.75) is 19.6 Å². The van der Waals surface area contributed by atoms with Crippen molar-refractivity contribution in [2.24, 2.45) is 0 Å². The number of carbonyl (C=O) groups excluding carboxylic acids is 2. The number of pyridine rings is 1. The van der Waals surface area contributed by atoms with Crippen LogP contribution in [0.2, 0.25) is 0 Å². The Kier molecular flexibility index (Phi) is 5.61. The molecule has 0 radical (unpaired) electrons. The minimum absolute atomic E-state index is 0.287. The summed E-state index contributed by atoms with van der Waals surface area (Å²) in [5.41, 5.74) is 2.50. The van der Waals surface area contributed by atoms with Crippen molar-refractivity contribution in [3.63, 3.8) is 0 Å². The van der Waals surface area contributed by atoms with Gasteiger partial charge in [-0.15, -0.1) is 0 Å². The summed E-state index contributed by atoms with van der Waals surface area (Å²) in [4.78, 5) is 28.4. The van der Waals surface area contributed by atoms with Crippen LogP contribution in [0.5, 0.6) is 0 Å². The molecule has 1 amide bonds. The minimum atomic E-state index is -0.901. The van der Waals surface area contributed by atoms with Gasteiger partial charge in [0.1, 0.15) is 11.3 Å². The van der Waals surface area contributed by atoms with Crippen LogP contribution in [0.1, 0.15) is 22.8 Å². The van der Waals surface area contributed by atoms with Gasteiger partial charge in [0.2, 0.25) is 0 Å². The summed E-state index contributed by atoms with van der Waals surface area (Å²) in [7, 11) is 1.49. The number of nitrogens with one attached hydrogen (secondary N) is 1. The van der Waals surface area contributed by atoms with E-state index in [4.69, 9.17) is 4.74 Å². The molecule has 27 heavy (non-hydrogen) atoms. The molecular weight excluding hydrogens is 344 g/mol. The average molecular weight is 364 g/mol. The molecule has 1 aromatic carbocycles. The fraction of sp³-hybridized carbons (Fsp3) is 0.200. The molecule has 3 rings (SSSR count). The SMILES string of the molecule is CNC(=O)[C@H](C)OC(=O)c1cn(Cc2ccccc2)nc1-c1cccnc1. The zero-order valence-corrected chi connectivity index (χ0v) is 15.1. The molecule has 0 fully saturated rings. The number of benzene rings is 1. The molecule has 1 N–H and O–H groups in total. The van der Waals surface area contributed by atoms with Crippen molar-refractivity contribution in [2.75, 3.05) is 7.05 Å². The third kappa shape index (κ3) is 4.38. The summed E-state index contributed by atoms with van der Waals surface area (Å²) in [5, 5.41) is 7.00. The van der Waals surface area contributed by atoms with E-state index in [1.807, 2.05) is 36.4 Å². The van der Waals surface area contributed by atoms with Crippen molar-refractivity contribution in [1.82, 2.24) is 20.1 Å². The molecule has 1 atom stereocenters. The molecule has 0 spiro atoms. The molecule has 0 saturated carbocycles. The third-order valence-electron chi connectivity index (χ3n) is 4.00. The lowest BCUT2D eigenvalue weighted by atomic mass is 10.1. The molecule has 0 aliphatic heterocycles. The molecule has 0 bridgehead atoms.